The molecule has 0 aliphatic heterocycles. The van der Waals surface area contributed by atoms with Crippen LogP contribution in [-0.2, 0) is 4.74 Å². The first-order chi connectivity index (χ1) is 6.22. The second kappa shape index (κ2) is 5.37. The van der Waals surface area contributed by atoms with Gasteiger partial charge in [-0.15, -0.1) is 0 Å². The van der Waals surface area contributed by atoms with Crippen molar-refractivity contribution in [2.75, 3.05) is 12.0 Å². The number of primary amides is 1. The fraction of sp³-hybridized carbons (Fsp3) is 0.889. The summed E-state index contributed by atoms with van der Waals surface area (Å²) in [6.07, 6.45) is 5.87. The number of carbonyl (C=O) groups excluding carboxylic acids is 1. The Morgan fingerprint density at radius 3 is 2.54 bits per heavy atom. The lowest BCUT2D eigenvalue weighted by Gasteiger charge is -2.27. The minimum atomic E-state index is -0.631. The number of nitrogens with two attached hydrogens (primary N) is 1. The van der Waals surface area contributed by atoms with Gasteiger partial charge in [0, 0.05) is 0 Å². The van der Waals surface area contributed by atoms with Crippen LogP contribution in [0.5, 0.6) is 0 Å². The van der Waals surface area contributed by atoms with Crippen LogP contribution in [0.1, 0.15) is 25.7 Å². The first-order valence-corrected chi connectivity index (χ1v) is 6.06. The molecule has 0 atom stereocenters. The van der Waals surface area contributed by atoms with E-state index in [0.29, 0.717) is 0 Å². The fourth-order valence-corrected chi connectivity index (χ4v) is 2.62. The Labute approximate surface area is 83.4 Å². The monoisotopic (exact) mass is 203 g/mol. The molecule has 1 saturated carbocycles. The molecule has 1 amide bonds. The molecule has 1 rings (SSSR count). The predicted octanol–water partition coefficient (Wildman–Crippen LogP) is 2.00. The smallest absolute Gasteiger partial charge is 0.404 e. The van der Waals surface area contributed by atoms with Gasteiger partial charge in [-0.2, -0.15) is 11.8 Å². The van der Waals surface area contributed by atoms with E-state index < -0.39 is 6.09 Å². The Balaban J connectivity index is 2.18. The van der Waals surface area contributed by atoms with E-state index in [1.54, 1.807) is 0 Å². The summed E-state index contributed by atoms with van der Waals surface area (Å²) in [4.78, 5) is 10.5. The lowest BCUT2D eigenvalue weighted by Crippen LogP contribution is -2.27. The average Bonchev–Trinajstić information content (AvgIpc) is 2.08. The van der Waals surface area contributed by atoms with Crippen molar-refractivity contribution in [2.45, 2.75) is 31.8 Å². The number of carbonyl (C=O) groups is 1. The molecule has 0 saturated heterocycles. The first kappa shape index (κ1) is 10.7. The number of ether oxygens (including phenoxy) is 1. The summed E-state index contributed by atoms with van der Waals surface area (Å²) >= 11 is 1.89. The molecule has 3 nitrogen and oxygen atoms in total. The summed E-state index contributed by atoms with van der Waals surface area (Å²) in [5.41, 5.74) is 4.95. The van der Waals surface area contributed by atoms with Gasteiger partial charge in [0.1, 0.15) is 6.10 Å². The van der Waals surface area contributed by atoms with Gasteiger partial charge < -0.3 is 10.5 Å². The maximum absolute atomic E-state index is 10.5. The Morgan fingerprint density at radius 1 is 1.46 bits per heavy atom. The van der Waals surface area contributed by atoms with Crippen LogP contribution < -0.4 is 5.73 Å². The summed E-state index contributed by atoms with van der Waals surface area (Å²) in [6, 6.07) is 0. The van der Waals surface area contributed by atoms with Crippen molar-refractivity contribution in [1.82, 2.24) is 0 Å². The molecule has 0 spiro atoms. The molecule has 0 unspecified atom stereocenters. The van der Waals surface area contributed by atoms with Gasteiger partial charge in [-0.05, 0) is 43.6 Å². The van der Waals surface area contributed by atoms with Crippen molar-refractivity contribution in [3.63, 3.8) is 0 Å². The zero-order valence-electron chi connectivity index (χ0n) is 7.99. The van der Waals surface area contributed by atoms with Gasteiger partial charge >= 0.3 is 6.09 Å². The summed E-state index contributed by atoms with van der Waals surface area (Å²) < 4.78 is 4.95. The van der Waals surface area contributed by atoms with E-state index >= 15 is 0 Å². The summed E-state index contributed by atoms with van der Waals surface area (Å²) in [7, 11) is 0. The minimum Gasteiger partial charge on any atom is -0.446 e. The maximum atomic E-state index is 10.5. The van der Waals surface area contributed by atoms with Crippen molar-refractivity contribution < 1.29 is 9.53 Å². The predicted molar refractivity (Wildman–Crippen MR) is 54.8 cm³/mol. The highest BCUT2D eigenvalue weighted by Gasteiger charge is 2.22. The van der Waals surface area contributed by atoms with Crippen molar-refractivity contribution >= 4 is 17.9 Å². The van der Waals surface area contributed by atoms with Gasteiger partial charge in [0.25, 0.3) is 0 Å². The summed E-state index contributed by atoms with van der Waals surface area (Å²) in [5.74, 6) is 2.03. The second-order valence-corrected chi connectivity index (χ2v) is 4.45. The molecular formula is C9H17NO2S. The van der Waals surface area contributed by atoms with Crippen LogP contribution in [-0.4, -0.2) is 24.2 Å². The van der Waals surface area contributed by atoms with Crippen molar-refractivity contribution in [3.8, 4) is 0 Å². The Kier molecular flexibility index (Phi) is 4.42. The summed E-state index contributed by atoms with van der Waals surface area (Å²) in [6.45, 7) is 0. The number of hydrogen-bond donors (Lipinski definition) is 1. The first-order valence-electron chi connectivity index (χ1n) is 4.67. The average molecular weight is 203 g/mol. The van der Waals surface area contributed by atoms with E-state index in [2.05, 4.69) is 6.26 Å². The largest absolute Gasteiger partial charge is 0.446 e. The zero-order valence-corrected chi connectivity index (χ0v) is 8.81. The highest BCUT2D eigenvalue weighted by Crippen LogP contribution is 2.28. The minimum absolute atomic E-state index is 0.0793. The Morgan fingerprint density at radius 2 is 2.08 bits per heavy atom. The number of hydrogen-bond acceptors (Lipinski definition) is 3. The number of rotatable bonds is 3. The fourth-order valence-electron chi connectivity index (χ4n) is 1.82. The standard InChI is InChI=1S/C9H17NO2S/c1-13-6-7-2-4-8(5-3-7)12-9(10)11/h7-8H,2-6H2,1H3,(H2,10,11)/t7-,8-. The molecule has 0 aromatic rings. The molecule has 0 bridgehead atoms. The third-order valence-corrected chi connectivity index (χ3v) is 3.28. The van der Waals surface area contributed by atoms with Crippen LogP contribution >= 0.6 is 11.8 Å². The molecule has 76 valence electrons. The molecule has 1 aliphatic carbocycles. The molecule has 4 heteroatoms. The summed E-state index contributed by atoms with van der Waals surface area (Å²) in [5, 5.41) is 0. The van der Waals surface area contributed by atoms with Gasteiger partial charge in [-0.25, -0.2) is 4.79 Å². The molecule has 2 N–H and O–H groups in total. The van der Waals surface area contributed by atoms with Gasteiger partial charge in [0.2, 0.25) is 0 Å². The van der Waals surface area contributed by atoms with Crippen LogP contribution in [0.4, 0.5) is 4.79 Å². The molecule has 1 aliphatic rings. The highest BCUT2D eigenvalue weighted by atomic mass is 32.2. The van der Waals surface area contributed by atoms with Crippen LogP contribution in [0.25, 0.3) is 0 Å². The quantitative estimate of drug-likeness (QED) is 0.763. The van der Waals surface area contributed by atoms with Gasteiger partial charge in [0.15, 0.2) is 0 Å². The van der Waals surface area contributed by atoms with Crippen molar-refractivity contribution in [3.05, 3.63) is 0 Å². The van der Waals surface area contributed by atoms with Crippen LogP contribution in [0, 0.1) is 5.92 Å². The van der Waals surface area contributed by atoms with Crippen LogP contribution in [0.3, 0.4) is 0 Å². The van der Waals surface area contributed by atoms with E-state index in [1.165, 1.54) is 18.6 Å². The molecule has 1 fully saturated rings. The molecular weight excluding hydrogens is 186 g/mol. The molecule has 0 aromatic carbocycles. The SMILES string of the molecule is CSC[C@H]1CC[C@H](OC(N)=O)CC1. The number of thioether (sulfide) groups is 1. The van der Waals surface area contributed by atoms with E-state index in [9.17, 15) is 4.79 Å². The van der Waals surface area contributed by atoms with Gasteiger partial charge in [0.05, 0.1) is 0 Å². The maximum Gasteiger partial charge on any atom is 0.404 e. The highest BCUT2D eigenvalue weighted by molar-refractivity contribution is 7.98. The van der Waals surface area contributed by atoms with Crippen LogP contribution in [0.15, 0.2) is 0 Å². The van der Waals surface area contributed by atoms with E-state index in [4.69, 9.17) is 10.5 Å². The lowest BCUT2D eigenvalue weighted by molar-refractivity contribution is 0.0737. The van der Waals surface area contributed by atoms with Crippen molar-refractivity contribution in [1.29, 1.82) is 0 Å². The van der Waals surface area contributed by atoms with Gasteiger partial charge in [-0.1, -0.05) is 0 Å². The van der Waals surface area contributed by atoms with E-state index in [1.807, 2.05) is 11.8 Å². The normalized spacial score (nSPS) is 28.4. The zero-order chi connectivity index (χ0) is 9.68. The van der Waals surface area contributed by atoms with Crippen LogP contribution in [0.2, 0.25) is 0 Å². The Hall–Kier alpha value is -0.380. The van der Waals surface area contributed by atoms with E-state index in [-0.39, 0.29) is 6.10 Å². The number of amides is 1. The van der Waals surface area contributed by atoms with Crippen molar-refractivity contribution in [2.24, 2.45) is 11.7 Å². The van der Waals surface area contributed by atoms with Gasteiger partial charge in [-0.3, -0.25) is 0 Å². The molecule has 0 aromatic heterocycles. The molecule has 0 radical (unpaired) electrons. The third-order valence-electron chi connectivity index (χ3n) is 2.48. The molecule has 13 heavy (non-hydrogen) atoms. The Bertz CT molecular complexity index is 167. The van der Waals surface area contributed by atoms with E-state index in [0.717, 1.165) is 18.8 Å². The lowest BCUT2D eigenvalue weighted by atomic mass is 9.89. The third kappa shape index (κ3) is 3.89. The molecule has 0 heterocycles. The second-order valence-electron chi connectivity index (χ2n) is 3.53. The topological polar surface area (TPSA) is 52.3 Å².